The van der Waals surface area contributed by atoms with Crippen LogP contribution in [0, 0.1) is 27.7 Å². The van der Waals surface area contributed by atoms with Gasteiger partial charge in [0.15, 0.2) is 5.78 Å². The van der Waals surface area contributed by atoms with Gasteiger partial charge in [-0.15, -0.1) is 22.7 Å². The van der Waals surface area contributed by atoms with Crippen molar-refractivity contribution in [3.63, 3.8) is 0 Å². The average molecular weight is 412 g/mol. The zero-order chi connectivity index (χ0) is 20.0. The first-order valence-corrected chi connectivity index (χ1v) is 10.7. The van der Waals surface area contributed by atoms with Crippen molar-refractivity contribution in [2.75, 3.05) is 0 Å². The predicted octanol–water partition coefficient (Wildman–Crippen LogP) is 4.49. The lowest BCUT2D eigenvalue weighted by Gasteiger charge is -2.09. The van der Waals surface area contributed by atoms with E-state index in [0.29, 0.717) is 10.9 Å². The molecule has 0 fully saturated rings. The third-order valence-electron chi connectivity index (χ3n) is 5.24. The van der Waals surface area contributed by atoms with Crippen molar-refractivity contribution < 1.29 is 4.79 Å². The summed E-state index contributed by atoms with van der Waals surface area (Å²) in [4.78, 5) is 33.3. The number of fused-ring (bicyclic) bond motifs is 1. The minimum absolute atomic E-state index is 0.000592. The normalized spacial score (nSPS) is 11.4. The van der Waals surface area contributed by atoms with Crippen LogP contribution in [-0.4, -0.2) is 19.9 Å². The van der Waals surface area contributed by atoms with E-state index in [1.165, 1.54) is 27.1 Å². The number of Topliss-reactive ketones (excluding diaryl/α,β-unsaturated/α-hetero) is 1. The fourth-order valence-corrected chi connectivity index (χ4v) is 5.19. The van der Waals surface area contributed by atoms with Crippen molar-refractivity contribution in [3.05, 3.63) is 72.5 Å². The Hall–Kier alpha value is -2.51. The average Bonchev–Trinajstić information content (AvgIpc) is 3.34. The lowest BCUT2D eigenvalue weighted by atomic mass is 10.1. The van der Waals surface area contributed by atoms with Crippen molar-refractivity contribution in [1.29, 1.82) is 0 Å². The quantitative estimate of drug-likeness (QED) is 0.455. The Balaban J connectivity index is 1.66. The van der Waals surface area contributed by atoms with Gasteiger partial charge in [-0.2, -0.15) is 0 Å². The smallest absolute Gasteiger partial charge is 0.262 e. The van der Waals surface area contributed by atoms with E-state index in [-0.39, 0.29) is 17.9 Å². The van der Waals surface area contributed by atoms with Gasteiger partial charge < -0.3 is 4.57 Å². The predicted molar refractivity (Wildman–Crippen MR) is 115 cm³/mol. The maximum Gasteiger partial charge on any atom is 0.262 e. The molecule has 4 rings (SSSR count). The molecule has 4 heterocycles. The first-order chi connectivity index (χ1) is 13.4. The van der Waals surface area contributed by atoms with Crippen LogP contribution in [0.2, 0.25) is 0 Å². The second-order valence-electron chi connectivity index (χ2n) is 7.01. The number of nitrogens with zero attached hydrogens (tertiary/aromatic N) is 3. The third-order valence-corrected chi connectivity index (χ3v) is 7.21. The number of hydrogen-bond acceptors (Lipinski definition) is 5. The van der Waals surface area contributed by atoms with Gasteiger partial charge in [0.25, 0.3) is 5.56 Å². The van der Waals surface area contributed by atoms with Gasteiger partial charge in [-0.1, -0.05) is 6.07 Å². The maximum absolute atomic E-state index is 13.0. The molecule has 0 amide bonds. The first kappa shape index (κ1) is 18.8. The number of ketones is 1. The summed E-state index contributed by atoms with van der Waals surface area (Å²) in [7, 11) is 0. The van der Waals surface area contributed by atoms with E-state index in [0.717, 1.165) is 33.2 Å². The van der Waals surface area contributed by atoms with E-state index in [1.807, 2.05) is 39.8 Å². The molecule has 7 heteroatoms. The molecular weight excluding hydrogens is 390 g/mol. The number of carbonyl (C=O) groups excluding carboxylic acids is 1. The number of rotatable bonds is 5. The SMILES string of the molecule is Cc1sc2ncn(CC(=O)c3cc(C)n(Cc4cccs4)c3C)c(=O)c2c1C. The Kier molecular flexibility index (Phi) is 4.81. The Morgan fingerprint density at radius 2 is 2.00 bits per heavy atom. The highest BCUT2D eigenvalue weighted by atomic mass is 32.1. The molecule has 0 atom stereocenters. The van der Waals surface area contributed by atoms with Crippen molar-refractivity contribution in [2.24, 2.45) is 0 Å². The lowest BCUT2D eigenvalue weighted by molar-refractivity contribution is 0.0970. The molecule has 4 aromatic rings. The summed E-state index contributed by atoms with van der Waals surface area (Å²) in [6.07, 6.45) is 1.49. The van der Waals surface area contributed by atoms with Crippen LogP contribution >= 0.6 is 22.7 Å². The molecule has 0 radical (unpaired) electrons. The summed E-state index contributed by atoms with van der Waals surface area (Å²) in [5, 5.41) is 2.68. The topological polar surface area (TPSA) is 56.9 Å². The minimum Gasteiger partial charge on any atom is -0.343 e. The van der Waals surface area contributed by atoms with Crippen LogP contribution in [0.4, 0.5) is 0 Å². The molecule has 0 aromatic carbocycles. The maximum atomic E-state index is 13.0. The van der Waals surface area contributed by atoms with Crippen molar-refractivity contribution in [1.82, 2.24) is 14.1 Å². The van der Waals surface area contributed by atoms with Gasteiger partial charge in [0, 0.05) is 26.7 Å². The number of hydrogen-bond donors (Lipinski definition) is 0. The molecule has 5 nitrogen and oxygen atoms in total. The van der Waals surface area contributed by atoms with Gasteiger partial charge >= 0.3 is 0 Å². The van der Waals surface area contributed by atoms with Crippen LogP contribution in [0.3, 0.4) is 0 Å². The lowest BCUT2D eigenvalue weighted by Crippen LogP contribution is -2.25. The van der Waals surface area contributed by atoms with Crippen LogP contribution in [-0.2, 0) is 13.1 Å². The first-order valence-electron chi connectivity index (χ1n) is 9.04. The summed E-state index contributed by atoms with van der Waals surface area (Å²) in [6.45, 7) is 8.64. The Labute approximate surface area is 170 Å². The number of aryl methyl sites for hydroxylation is 3. The highest BCUT2D eigenvalue weighted by molar-refractivity contribution is 7.18. The van der Waals surface area contributed by atoms with Gasteiger partial charge in [-0.25, -0.2) is 4.98 Å². The molecule has 0 bridgehead atoms. The fraction of sp³-hybridized carbons (Fsp3) is 0.286. The highest BCUT2D eigenvalue weighted by Gasteiger charge is 2.19. The van der Waals surface area contributed by atoms with Crippen molar-refractivity contribution in [3.8, 4) is 0 Å². The van der Waals surface area contributed by atoms with Crippen LogP contribution in [0.1, 0.15) is 37.1 Å². The van der Waals surface area contributed by atoms with Crippen molar-refractivity contribution in [2.45, 2.75) is 40.8 Å². The van der Waals surface area contributed by atoms with Gasteiger partial charge in [-0.3, -0.25) is 14.2 Å². The summed E-state index contributed by atoms with van der Waals surface area (Å²) >= 11 is 3.22. The molecule has 0 N–H and O–H groups in total. The monoisotopic (exact) mass is 411 g/mol. The van der Waals surface area contributed by atoms with E-state index < -0.39 is 0 Å². The standard InChI is InChI=1S/C21H21N3O2S2/c1-12-8-17(14(3)24(12)9-16-6-5-7-27-16)18(25)10-23-11-22-20-19(21(23)26)13(2)15(4)28-20/h5-8,11H,9-10H2,1-4H3. The summed E-state index contributed by atoms with van der Waals surface area (Å²) in [5.41, 5.74) is 3.44. The van der Waals surface area contributed by atoms with Crippen LogP contribution < -0.4 is 5.56 Å². The van der Waals surface area contributed by atoms with E-state index in [9.17, 15) is 9.59 Å². The molecule has 0 unspecified atom stereocenters. The molecule has 0 saturated heterocycles. The van der Waals surface area contributed by atoms with Crippen molar-refractivity contribution >= 4 is 38.7 Å². The minimum atomic E-state index is -0.146. The Bertz CT molecular complexity index is 1240. The number of aromatic nitrogens is 3. The number of thiophene rings is 2. The molecule has 0 aliphatic heterocycles. The van der Waals surface area contributed by atoms with E-state index in [1.54, 1.807) is 11.3 Å². The molecule has 144 valence electrons. The van der Waals surface area contributed by atoms with Gasteiger partial charge in [0.05, 0.1) is 24.8 Å². The molecule has 0 aliphatic rings. The van der Waals surface area contributed by atoms with Crippen LogP contribution in [0.25, 0.3) is 10.2 Å². The Morgan fingerprint density at radius 1 is 1.21 bits per heavy atom. The van der Waals surface area contributed by atoms with Gasteiger partial charge in [0.2, 0.25) is 0 Å². The van der Waals surface area contributed by atoms with Crippen LogP contribution in [0.15, 0.2) is 34.7 Å². The molecule has 28 heavy (non-hydrogen) atoms. The Morgan fingerprint density at radius 3 is 2.71 bits per heavy atom. The molecule has 0 aliphatic carbocycles. The largest absolute Gasteiger partial charge is 0.343 e. The summed E-state index contributed by atoms with van der Waals surface area (Å²) in [6, 6.07) is 6.04. The second kappa shape index (κ2) is 7.14. The molecular formula is C21H21N3O2S2. The van der Waals surface area contributed by atoms with Gasteiger partial charge in [0.1, 0.15) is 4.83 Å². The summed E-state index contributed by atoms with van der Waals surface area (Å²) in [5.74, 6) is -0.0709. The zero-order valence-electron chi connectivity index (χ0n) is 16.3. The zero-order valence-corrected chi connectivity index (χ0v) is 17.9. The van der Waals surface area contributed by atoms with E-state index >= 15 is 0 Å². The molecule has 4 aromatic heterocycles. The van der Waals surface area contributed by atoms with Gasteiger partial charge in [-0.05, 0) is 50.8 Å². The van der Waals surface area contributed by atoms with E-state index in [4.69, 9.17) is 0 Å². The number of carbonyl (C=O) groups is 1. The van der Waals surface area contributed by atoms with E-state index in [2.05, 4.69) is 21.0 Å². The van der Waals surface area contributed by atoms with Crippen LogP contribution in [0.5, 0.6) is 0 Å². The summed E-state index contributed by atoms with van der Waals surface area (Å²) < 4.78 is 3.57. The molecule has 0 saturated carbocycles. The molecule has 0 spiro atoms. The fourth-order valence-electron chi connectivity index (χ4n) is 3.51. The third kappa shape index (κ3) is 3.14. The second-order valence-corrected chi connectivity index (χ2v) is 9.25. The highest BCUT2D eigenvalue weighted by Crippen LogP contribution is 2.25.